The zero-order valence-electron chi connectivity index (χ0n) is 4.93. The Kier molecular flexibility index (Phi) is 3.05. The molecule has 0 saturated heterocycles. The van der Waals surface area contributed by atoms with E-state index in [1.165, 1.54) is 0 Å². The highest BCUT2D eigenvalue weighted by molar-refractivity contribution is 6.21. The van der Waals surface area contributed by atoms with E-state index in [1.54, 1.807) is 0 Å². The summed E-state index contributed by atoms with van der Waals surface area (Å²) in [5, 5.41) is -2.84. The van der Waals surface area contributed by atoms with Gasteiger partial charge in [-0.25, -0.2) is 4.39 Å². The Bertz CT molecular complexity index is 129. The summed E-state index contributed by atoms with van der Waals surface area (Å²) >= 11 is 4.40. The van der Waals surface area contributed by atoms with Crippen LogP contribution in [-0.2, 0) is 0 Å². The van der Waals surface area contributed by atoms with E-state index in [-0.39, 0.29) is 0 Å². The lowest BCUT2D eigenvalue weighted by molar-refractivity contribution is -0.282. The lowest BCUT2D eigenvalue weighted by Gasteiger charge is -2.21. The molecule has 0 aromatic carbocycles. The highest BCUT2D eigenvalue weighted by Gasteiger charge is 2.62. The SMILES string of the molecule is FCC(Cl)C(F)(F)C(F)(F)F. The Morgan fingerprint density at radius 1 is 1.09 bits per heavy atom. The molecule has 0 amide bonds. The lowest BCUT2D eigenvalue weighted by atomic mass is 10.2. The van der Waals surface area contributed by atoms with Crippen LogP contribution >= 0.6 is 11.6 Å². The maximum Gasteiger partial charge on any atom is 0.454 e. The summed E-state index contributed by atoms with van der Waals surface area (Å²) in [5.74, 6) is -5.16. The average Bonchev–Trinajstić information content (AvgIpc) is 1.83. The van der Waals surface area contributed by atoms with Gasteiger partial charge in [-0.15, -0.1) is 11.6 Å². The molecule has 0 aromatic heterocycles. The molecule has 0 saturated carbocycles. The predicted molar refractivity (Wildman–Crippen MR) is 26.6 cm³/mol. The fourth-order valence-corrected chi connectivity index (χ4v) is 0.398. The fourth-order valence-electron chi connectivity index (χ4n) is 0.274. The molecular formula is C4H3ClF6. The van der Waals surface area contributed by atoms with Gasteiger partial charge in [0, 0.05) is 0 Å². The Hall–Kier alpha value is -0.130. The molecule has 0 aliphatic heterocycles. The van der Waals surface area contributed by atoms with Crippen LogP contribution in [0.4, 0.5) is 26.3 Å². The van der Waals surface area contributed by atoms with Crippen LogP contribution < -0.4 is 0 Å². The van der Waals surface area contributed by atoms with Gasteiger partial charge >= 0.3 is 12.1 Å². The molecule has 0 aliphatic rings. The molecule has 0 rings (SSSR count). The molecule has 0 spiro atoms. The highest BCUT2D eigenvalue weighted by Crippen LogP contribution is 2.40. The third-order valence-electron chi connectivity index (χ3n) is 0.907. The van der Waals surface area contributed by atoms with E-state index in [0.29, 0.717) is 0 Å². The zero-order valence-corrected chi connectivity index (χ0v) is 5.69. The van der Waals surface area contributed by atoms with Crippen LogP contribution in [0, 0.1) is 0 Å². The van der Waals surface area contributed by atoms with Gasteiger partial charge in [0.1, 0.15) is 12.1 Å². The van der Waals surface area contributed by atoms with E-state index < -0.39 is 24.2 Å². The molecule has 0 N–H and O–H groups in total. The van der Waals surface area contributed by atoms with Crippen molar-refractivity contribution in [3.05, 3.63) is 0 Å². The van der Waals surface area contributed by atoms with E-state index in [1.807, 2.05) is 0 Å². The first-order chi connectivity index (χ1) is 4.73. The summed E-state index contributed by atoms with van der Waals surface area (Å²) in [5.41, 5.74) is 0. The Labute approximate surface area is 63.1 Å². The van der Waals surface area contributed by atoms with Gasteiger partial charge in [-0.2, -0.15) is 22.0 Å². The molecular weight excluding hydrogens is 197 g/mol. The van der Waals surface area contributed by atoms with E-state index in [4.69, 9.17) is 0 Å². The van der Waals surface area contributed by atoms with Crippen LogP contribution in [0.3, 0.4) is 0 Å². The van der Waals surface area contributed by atoms with Crippen LogP contribution in [0.5, 0.6) is 0 Å². The molecule has 7 heteroatoms. The van der Waals surface area contributed by atoms with Crippen molar-refractivity contribution in [2.24, 2.45) is 0 Å². The molecule has 0 fully saturated rings. The summed E-state index contributed by atoms with van der Waals surface area (Å²) in [4.78, 5) is 0. The van der Waals surface area contributed by atoms with E-state index >= 15 is 0 Å². The van der Waals surface area contributed by atoms with Gasteiger partial charge in [-0.1, -0.05) is 0 Å². The van der Waals surface area contributed by atoms with Crippen molar-refractivity contribution in [1.29, 1.82) is 0 Å². The van der Waals surface area contributed by atoms with Gasteiger partial charge in [-0.3, -0.25) is 0 Å². The number of hydrogen-bond donors (Lipinski definition) is 0. The van der Waals surface area contributed by atoms with Crippen LogP contribution in [0.15, 0.2) is 0 Å². The van der Waals surface area contributed by atoms with Gasteiger partial charge in [0.2, 0.25) is 0 Å². The van der Waals surface area contributed by atoms with E-state index in [0.717, 1.165) is 0 Å². The number of halogens is 7. The first kappa shape index (κ1) is 10.9. The third-order valence-corrected chi connectivity index (χ3v) is 1.30. The number of rotatable bonds is 2. The fraction of sp³-hybridized carbons (Fsp3) is 1.00. The minimum absolute atomic E-state index is 1.92. The first-order valence-electron chi connectivity index (χ1n) is 2.38. The molecule has 0 aromatic rings. The molecule has 11 heavy (non-hydrogen) atoms. The molecule has 0 bridgehead atoms. The lowest BCUT2D eigenvalue weighted by Crippen LogP contribution is -2.45. The third kappa shape index (κ3) is 2.15. The maximum absolute atomic E-state index is 11.8. The highest BCUT2D eigenvalue weighted by atomic mass is 35.5. The Morgan fingerprint density at radius 2 is 1.45 bits per heavy atom. The van der Waals surface area contributed by atoms with Crippen molar-refractivity contribution in [2.75, 3.05) is 6.67 Å². The largest absolute Gasteiger partial charge is 0.454 e. The number of hydrogen-bond acceptors (Lipinski definition) is 0. The molecule has 1 atom stereocenters. The summed E-state index contributed by atoms with van der Waals surface area (Å²) in [6.07, 6.45) is -5.79. The summed E-state index contributed by atoms with van der Waals surface area (Å²) < 4.78 is 68.8. The van der Waals surface area contributed by atoms with Crippen LogP contribution in [0.25, 0.3) is 0 Å². The van der Waals surface area contributed by atoms with Crippen molar-refractivity contribution < 1.29 is 26.3 Å². The quantitative estimate of drug-likeness (QED) is 0.475. The van der Waals surface area contributed by atoms with Gasteiger partial charge < -0.3 is 0 Å². The molecule has 1 unspecified atom stereocenters. The predicted octanol–water partition coefficient (Wildman–Crippen LogP) is 2.76. The zero-order chi connectivity index (χ0) is 9.28. The first-order valence-corrected chi connectivity index (χ1v) is 2.81. The van der Waals surface area contributed by atoms with Gasteiger partial charge in [0.25, 0.3) is 0 Å². The van der Waals surface area contributed by atoms with Crippen molar-refractivity contribution in [1.82, 2.24) is 0 Å². The van der Waals surface area contributed by atoms with Crippen molar-refractivity contribution in [2.45, 2.75) is 17.5 Å². The maximum atomic E-state index is 11.8. The average molecular weight is 201 g/mol. The van der Waals surface area contributed by atoms with Gasteiger partial charge in [0.05, 0.1) is 0 Å². The smallest absolute Gasteiger partial charge is 0.249 e. The van der Waals surface area contributed by atoms with Gasteiger partial charge in [-0.05, 0) is 0 Å². The van der Waals surface area contributed by atoms with Crippen molar-refractivity contribution in [3.8, 4) is 0 Å². The van der Waals surface area contributed by atoms with E-state index in [2.05, 4.69) is 11.6 Å². The standard InChI is InChI=1S/C4H3ClF6/c5-2(1-6)3(7,8)4(9,10)11/h2H,1H2. The molecule has 0 nitrogen and oxygen atoms in total. The normalized spacial score (nSPS) is 16.6. The minimum atomic E-state index is -5.79. The molecule has 0 radical (unpaired) electrons. The minimum Gasteiger partial charge on any atom is -0.249 e. The summed E-state index contributed by atoms with van der Waals surface area (Å²) in [6.45, 7) is -1.92. The summed E-state index contributed by atoms with van der Waals surface area (Å²) in [7, 11) is 0. The Morgan fingerprint density at radius 3 is 1.55 bits per heavy atom. The van der Waals surface area contributed by atoms with E-state index in [9.17, 15) is 26.3 Å². The second-order valence-electron chi connectivity index (χ2n) is 1.74. The Balaban J connectivity index is 4.45. The molecule has 0 aliphatic carbocycles. The topological polar surface area (TPSA) is 0 Å². The van der Waals surface area contributed by atoms with Crippen molar-refractivity contribution >= 4 is 11.6 Å². The second-order valence-corrected chi connectivity index (χ2v) is 2.27. The summed E-state index contributed by atoms with van der Waals surface area (Å²) in [6, 6.07) is 0. The van der Waals surface area contributed by atoms with Crippen LogP contribution in [-0.4, -0.2) is 24.2 Å². The van der Waals surface area contributed by atoms with Crippen molar-refractivity contribution in [3.63, 3.8) is 0 Å². The van der Waals surface area contributed by atoms with Crippen LogP contribution in [0.2, 0.25) is 0 Å². The number of alkyl halides is 7. The van der Waals surface area contributed by atoms with Gasteiger partial charge in [0.15, 0.2) is 0 Å². The second kappa shape index (κ2) is 3.08. The monoisotopic (exact) mass is 200 g/mol. The molecule has 0 heterocycles. The van der Waals surface area contributed by atoms with Crippen LogP contribution in [0.1, 0.15) is 0 Å². The molecule has 68 valence electrons.